The Labute approximate surface area is 161 Å². The summed E-state index contributed by atoms with van der Waals surface area (Å²) < 4.78 is 44.2. The van der Waals surface area contributed by atoms with E-state index in [1.807, 2.05) is 6.07 Å². The number of ether oxygens (including phenoxy) is 1. The van der Waals surface area contributed by atoms with Gasteiger partial charge in [-0.3, -0.25) is 14.9 Å². The lowest BCUT2D eigenvalue weighted by atomic mass is 10.1. The molecule has 28 heavy (non-hydrogen) atoms. The normalized spacial score (nSPS) is 10.8. The summed E-state index contributed by atoms with van der Waals surface area (Å²) in [4.78, 5) is 22.4. The maximum absolute atomic E-state index is 13.1. The SMILES string of the molecule is N#CCSc1ccccc1NC(=O)COc1ccc([N+](=O)[O-])cc1C(F)(F)F. The fourth-order valence-corrected chi connectivity index (χ4v) is 2.78. The van der Waals surface area contributed by atoms with Crippen LogP contribution in [0, 0.1) is 21.4 Å². The summed E-state index contributed by atoms with van der Waals surface area (Å²) in [7, 11) is 0. The summed E-state index contributed by atoms with van der Waals surface area (Å²) >= 11 is 1.18. The van der Waals surface area contributed by atoms with Crippen molar-refractivity contribution < 1.29 is 27.6 Å². The van der Waals surface area contributed by atoms with Crippen LogP contribution >= 0.6 is 11.8 Å². The second-order valence-electron chi connectivity index (χ2n) is 5.22. The van der Waals surface area contributed by atoms with E-state index in [-0.39, 0.29) is 5.75 Å². The Morgan fingerprint density at radius 1 is 1.29 bits per heavy atom. The molecule has 0 aromatic heterocycles. The number of hydrogen-bond donors (Lipinski definition) is 1. The zero-order valence-corrected chi connectivity index (χ0v) is 14.8. The summed E-state index contributed by atoms with van der Waals surface area (Å²) in [6, 6.07) is 10.6. The molecule has 0 spiro atoms. The molecule has 1 amide bonds. The van der Waals surface area contributed by atoms with Crippen molar-refractivity contribution in [3.8, 4) is 11.8 Å². The summed E-state index contributed by atoms with van der Waals surface area (Å²) in [5.74, 6) is -1.27. The highest BCUT2D eigenvalue weighted by Gasteiger charge is 2.36. The molecule has 0 radical (unpaired) electrons. The Morgan fingerprint density at radius 3 is 2.64 bits per heavy atom. The molecule has 0 fully saturated rings. The van der Waals surface area contributed by atoms with Crippen molar-refractivity contribution in [1.82, 2.24) is 0 Å². The van der Waals surface area contributed by atoms with E-state index in [1.54, 1.807) is 24.3 Å². The van der Waals surface area contributed by atoms with Gasteiger partial charge in [0.15, 0.2) is 6.61 Å². The summed E-state index contributed by atoms with van der Waals surface area (Å²) in [5, 5.41) is 21.8. The van der Waals surface area contributed by atoms with Crippen molar-refractivity contribution in [2.75, 3.05) is 17.7 Å². The second kappa shape index (κ2) is 9.09. The molecular formula is C17H12F3N3O4S. The number of nitro benzene ring substituents is 1. The third kappa shape index (κ3) is 5.62. The first kappa shape index (κ1) is 21.0. The maximum atomic E-state index is 13.1. The van der Waals surface area contributed by atoms with Crippen molar-refractivity contribution in [3.05, 3.63) is 58.1 Å². The van der Waals surface area contributed by atoms with E-state index in [0.29, 0.717) is 16.6 Å². The zero-order valence-electron chi connectivity index (χ0n) is 14.0. The minimum absolute atomic E-state index is 0.154. The number of anilines is 1. The van der Waals surface area contributed by atoms with Crippen LogP contribution in [0.5, 0.6) is 5.75 Å². The van der Waals surface area contributed by atoms with Crippen LogP contribution in [0.25, 0.3) is 0 Å². The lowest BCUT2D eigenvalue weighted by Crippen LogP contribution is -2.21. The number of rotatable bonds is 7. The van der Waals surface area contributed by atoms with Crippen LogP contribution in [0.15, 0.2) is 47.4 Å². The molecule has 0 atom stereocenters. The first-order valence-electron chi connectivity index (χ1n) is 7.59. The molecule has 2 aromatic carbocycles. The van der Waals surface area contributed by atoms with Crippen LogP contribution in [0.4, 0.5) is 24.5 Å². The van der Waals surface area contributed by atoms with Gasteiger partial charge < -0.3 is 10.1 Å². The number of benzene rings is 2. The predicted molar refractivity (Wildman–Crippen MR) is 95.0 cm³/mol. The van der Waals surface area contributed by atoms with E-state index in [2.05, 4.69) is 5.32 Å². The Morgan fingerprint density at radius 2 is 2.00 bits per heavy atom. The van der Waals surface area contributed by atoms with E-state index in [4.69, 9.17) is 10.00 Å². The van der Waals surface area contributed by atoms with Gasteiger partial charge in [0.1, 0.15) is 11.3 Å². The van der Waals surface area contributed by atoms with Gasteiger partial charge in [-0.25, -0.2) is 0 Å². The minimum Gasteiger partial charge on any atom is -0.483 e. The van der Waals surface area contributed by atoms with Crippen LogP contribution < -0.4 is 10.1 Å². The molecule has 0 saturated carbocycles. The number of nitrogens with zero attached hydrogens (tertiary/aromatic N) is 2. The third-order valence-electron chi connectivity index (χ3n) is 3.29. The van der Waals surface area contributed by atoms with Crippen LogP contribution in [0.3, 0.4) is 0 Å². The molecule has 0 aliphatic rings. The molecule has 0 aliphatic heterocycles. The van der Waals surface area contributed by atoms with E-state index in [1.165, 1.54) is 11.8 Å². The van der Waals surface area contributed by atoms with Gasteiger partial charge in [-0.05, 0) is 18.2 Å². The number of thioether (sulfide) groups is 1. The molecule has 146 valence electrons. The standard InChI is InChI=1S/C17H12F3N3O4S/c18-17(19,20)12-9-11(23(25)26)5-6-14(12)27-10-16(24)22-13-3-1-2-4-15(13)28-8-7-21/h1-6,9H,8,10H2,(H,22,24). The summed E-state index contributed by atoms with van der Waals surface area (Å²) in [6.45, 7) is -0.738. The molecule has 0 unspecified atom stereocenters. The van der Waals surface area contributed by atoms with Crippen molar-refractivity contribution >= 4 is 29.0 Å². The van der Waals surface area contributed by atoms with E-state index in [9.17, 15) is 28.1 Å². The highest BCUT2D eigenvalue weighted by Crippen LogP contribution is 2.38. The number of nitriles is 1. The smallest absolute Gasteiger partial charge is 0.420 e. The van der Waals surface area contributed by atoms with E-state index >= 15 is 0 Å². The Bertz CT molecular complexity index is 929. The van der Waals surface area contributed by atoms with E-state index in [0.717, 1.165) is 12.1 Å². The maximum Gasteiger partial charge on any atom is 0.420 e. The minimum atomic E-state index is -4.89. The molecule has 0 saturated heterocycles. The van der Waals surface area contributed by atoms with Gasteiger partial charge in [0, 0.05) is 17.0 Å². The number of para-hydroxylation sites is 1. The number of alkyl halides is 3. The number of nitrogens with one attached hydrogen (secondary N) is 1. The first-order valence-corrected chi connectivity index (χ1v) is 8.58. The molecule has 11 heteroatoms. The van der Waals surface area contributed by atoms with Crippen LogP contribution in [0.2, 0.25) is 0 Å². The van der Waals surface area contributed by atoms with Crippen molar-refractivity contribution in [2.24, 2.45) is 0 Å². The van der Waals surface area contributed by atoms with Gasteiger partial charge >= 0.3 is 6.18 Å². The number of halogens is 3. The number of carbonyl (C=O) groups excluding carboxylic acids is 1. The Balaban J connectivity index is 2.11. The zero-order chi connectivity index (χ0) is 20.7. The number of nitro groups is 1. The van der Waals surface area contributed by atoms with Gasteiger partial charge in [-0.2, -0.15) is 18.4 Å². The van der Waals surface area contributed by atoms with Gasteiger partial charge in [-0.15, -0.1) is 11.8 Å². The van der Waals surface area contributed by atoms with Gasteiger partial charge in [0.2, 0.25) is 0 Å². The average Bonchev–Trinajstić information content (AvgIpc) is 2.64. The molecule has 0 heterocycles. The fraction of sp³-hybridized carbons (Fsp3) is 0.176. The van der Waals surface area contributed by atoms with Crippen molar-refractivity contribution in [3.63, 3.8) is 0 Å². The van der Waals surface area contributed by atoms with Gasteiger partial charge in [0.25, 0.3) is 11.6 Å². The summed E-state index contributed by atoms with van der Waals surface area (Å²) in [5.41, 5.74) is -1.71. The molecular weight excluding hydrogens is 399 g/mol. The van der Waals surface area contributed by atoms with Gasteiger partial charge in [0.05, 0.1) is 22.4 Å². The van der Waals surface area contributed by atoms with E-state index < -0.39 is 40.6 Å². The molecule has 7 nitrogen and oxygen atoms in total. The largest absolute Gasteiger partial charge is 0.483 e. The van der Waals surface area contributed by atoms with Crippen molar-refractivity contribution in [2.45, 2.75) is 11.1 Å². The highest BCUT2D eigenvalue weighted by molar-refractivity contribution is 7.99. The number of amides is 1. The number of non-ortho nitro benzene ring substituents is 1. The lowest BCUT2D eigenvalue weighted by molar-refractivity contribution is -0.385. The number of hydrogen-bond acceptors (Lipinski definition) is 6. The molecule has 2 rings (SSSR count). The topological polar surface area (TPSA) is 105 Å². The molecule has 1 N–H and O–H groups in total. The van der Waals surface area contributed by atoms with Crippen LogP contribution in [0.1, 0.15) is 5.56 Å². The van der Waals surface area contributed by atoms with Gasteiger partial charge in [-0.1, -0.05) is 12.1 Å². The first-order chi connectivity index (χ1) is 13.2. The molecule has 0 aliphatic carbocycles. The average molecular weight is 411 g/mol. The van der Waals surface area contributed by atoms with Crippen LogP contribution in [-0.2, 0) is 11.0 Å². The lowest BCUT2D eigenvalue weighted by Gasteiger charge is -2.14. The fourth-order valence-electron chi connectivity index (χ4n) is 2.11. The Kier molecular flexibility index (Phi) is 6.84. The van der Waals surface area contributed by atoms with Crippen molar-refractivity contribution in [1.29, 1.82) is 5.26 Å². The third-order valence-corrected chi connectivity index (χ3v) is 4.23. The highest BCUT2D eigenvalue weighted by atomic mass is 32.2. The quantitative estimate of drug-likeness (QED) is 0.415. The molecule has 2 aromatic rings. The van der Waals surface area contributed by atoms with Crippen LogP contribution in [-0.4, -0.2) is 23.2 Å². The molecule has 0 bridgehead atoms. The monoisotopic (exact) mass is 411 g/mol. The Hall–Kier alpha value is -3.26. The second-order valence-corrected chi connectivity index (χ2v) is 6.23. The summed E-state index contributed by atoms with van der Waals surface area (Å²) in [6.07, 6.45) is -4.89. The predicted octanol–water partition coefficient (Wildman–Crippen LogP) is 4.25. The number of carbonyl (C=O) groups is 1.